The van der Waals surface area contributed by atoms with Crippen LogP contribution in [0.15, 0.2) is 59.6 Å². The van der Waals surface area contributed by atoms with Crippen LogP contribution in [0.5, 0.6) is 0 Å². The van der Waals surface area contributed by atoms with Crippen LogP contribution in [0.2, 0.25) is 0 Å². The lowest BCUT2D eigenvalue weighted by Gasteiger charge is -2.20. The van der Waals surface area contributed by atoms with Gasteiger partial charge in [-0.1, -0.05) is 42.5 Å². The van der Waals surface area contributed by atoms with Crippen LogP contribution in [0.3, 0.4) is 0 Å². The molecule has 1 aliphatic heterocycles. The summed E-state index contributed by atoms with van der Waals surface area (Å²) >= 11 is 0. The molecule has 4 nitrogen and oxygen atoms in total. The third-order valence-electron chi connectivity index (χ3n) is 3.75. The van der Waals surface area contributed by atoms with Gasteiger partial charge in [-0.05, 0) is 38.5 Å². The van der Waals surface area contributed by atoms with Crippen molar-refractivity contribution in [1.82, 2.24) is 0 Å². The van der Waals surface area contributed by atoms with E-state index in [1.807, 2.05) is 63.2 Å². The molecule has 0 fully saturated rings. The Labute approximate surface area is 145 Å². The SMILES string of the molecule is CC(C)(C)[S@](=O)Nc1ccccc1C1=N[C@H](c2ccccc2)CO1. The summed E-state index contributed by atoms with van der Waals surface area (Å²) in [5, 5.41) is 0. The Morgan fingerprint density at radius 1 is 1.08 bits per heavy atom. The molecule has 0 spiro atoms. The van der Waals surface area contributed by atoms with E-state index in [4.69, 9.17) is 9.73 Å². The summed E-state index contributed by atoms with van der Waals surface area (Å²) in [6.07, 6.45) is 0. The minimum Gasteiger partial charge on any atom is -0.475 e. The van der Waals surface area contributed by atoms with Crippen molar-refractivity contribution in [2.45, 2.75) is 31.6 Å². The van der Waals surface area contributed by atoms with E-state index >= 15 is 0 Å². The number of benzene rings is 2. The van der Waals surface area contributed by atoms with Crippen molar-refractivity contribution in [3.63, 3.8) is 0 Å². The second kappa shape index (κ2) is 6.77. The number of para-hydroxylation sites is 1. The van der Waals surface area contributed by atoms with Gasteiger partial charge >= 0.3 is 0 Å². The van der Waals surface area contributed by atoms with Crippen molar-refractivity contribution in [1.29, 1.82) is 0 Å². The van der Waals surface area contributed by atoms with Crippen LogP contribution in [-0.4, -0.2) is 21.5 Å². The largest absolute Gasteiger partial charge is 0.475 e. The van der Waals surface area contributed by atoms with Gasteiger partial charge in [0.2, 0.25) is 5.90 Å². The Balaban J connectivity index is 1.87. The van der Waals surface area contributed by atoms with Gasteiger partial charge in [0, 0.05) is 0 Å². The van der Waals surface area contributed by atoms with E-state index in [0.29, 0.717) is 12.5 Å². The van der Waals surface area contributed by atoms with Crippen LogP contribution < -0.4 is 4.72 Å². The second-order valence-electron chi connectivity index (χ2n) is 6.70. The zero-order chi connectivity index (χ0) is 17.2. The standard InChI is InChI=1S/C19H22N2O2S/c1-19(2,3)24(22)21-16-12-8-7-11-15(16)18-20-17(13-23-18)14-9-5-4-6-10-14/h4-12,17,21H,13H2,1-3H3/t17-,24-/m0/s1. The number of anilines is 1. The average Bonchev–Trinajstić information content (AvgIpc) is 3.05. The Hall–Kier alpha value is -2.14. The van der Waals surface area contributed by atoms with Crippen LogP contribution in [0, 0.1) is 0 Å². The summed E-state index contributed by atoms with van der Waals surface area (Å²) in [7, 11) is -1.20. The van der Waals surface area contributed by atoms with Crippen molar-refractivity contribution in [2.75, 3.05) is 11.3 Å². The number of nitrogens with one attached hydrogen (secondary N) is 1. The van der Waals surface area contributed by atoms with Crippen LogP contribution in [0.4, 0.5) is 5.69 Å². The molecule has 126 valence electrons. The molecule has 0 radical (unpaired) electrons. The van der Waals surface area contributed by atoms with Gasteiger partial charge in [0.15, 0.2) is 0 Å². The maximum Gasteiger partial charge on any atom is 0.219 e. The fourth-order valence-corrected chi connectivity index (χ4v) is 3.06. The number of hydrogen-bond donors (Lipinski definition) is 1. The molecule has 1 heterocycles. The molecule has 2 aromatic rings. The highest BCUT2D eigenvalue weighted by atomic mass is 32.2. The van der Waals surface area contributed by atoms with Gasteiger partial charge in [-0.15, -0.1) is 0 Å². The molecule has 0 unspecified atom stereocenters. The molecule has 3 rings (SSSR count). The van der Waals surface area contributed by atoms with E-state index in [9.17, 15) is 4.21 Å². The number of nitrogens with zero attached hydrogens (tertiary/aromatic N) is 1. The number of hydrogen-bond acceptors (Lipinski definition) is 3. The molecule has 0 aromatic heterocycles. The molecule has 0 saturated carbocycles. The fourth-order valence-electron chi connectivity index (χ4n) is 2.38. The topological polar surface area (TPSA) is 50.7 Å². The molecule has 0 saturated heterocycles. The summed E-state index contributed by atoms with van der Waals surface area (Å²) in [6, 6.07) is 17.8. The van der Waals surface area contributed by atoms with Gasteiger partial charge in [0.25, 0.3) is 0 Å². The lowest BCUT2D eigenvalue weighted by atomic mass is 10.1. The van der Waals surface area contributed by atoms with Crippen molar-refractivity contribution in [3.8, 4) is 0 Å². The molecule has 0 bridgehead atoms. The van der Waals surface area contributed by atoms with Gasteiger partial charge in [-0.3, -0.25) is 0 Å². The highest BCUT2D eigenvalue weighted by Crippen LogP contribution is 2.28. The third-order valence-corrected chi connectivity index (χ3v) is 5.27. The first kappa shape index (κ1) is 16.7. The fraction of sp³-hybridized carbons (Fsp3) is 0.316. The Morgan fingerprint density at radius 3 is 2.46 bits per heavy atom. The van der Waals surface area contributed by atoms with Crippen LogP contribution in [0.25, 0.3) is 0 Å². The Bertz CT molecular complexity index is 766. The molecule has 0 aliphatic carbocycles. The first-order valence-corrected chi connectivity index (χ1v) is 9.13. The quantitative estimate of drug-likeness (QED) is 0.910. The lowest BCUT2D eigenvalue weighted by molar-refractivity contribution is 0.320. The maximum absolute atomic E-state index is 12.4. The average molecular weight is 342 g/mol. The van der Waals surface area contributed by atoms with Crippen LogP contribution in [-0.2, 0) is 15.7 Å². The Morgan fingerprint density at radius 2 is 1.75 bits per heavy atom. The zero-order valence-electron chi connectivity index (χ0n) is 14.2. The molecule has 2 atom stereocenters. The van der Waals surface area contributed by atoms with Crippen molar-refractivity contribution in [2.24, 2.45) is 4.99 Å². The molecule has 24 heavy (non-hydrogen) atoms. The van der Waals surface area contributed by atoms with E-state index < -0.39 is 11.0 Å². The van der Waals surface area contributed by atoms with Crippen molar-refractivity contribution >= 4 is 22.6 Å². The minimum absolute atomic E-state index is 0.00219. The molecule has 1 N–H and O–H groups in total. The number of rotatable bonds is 4. The summed E-state index contributed by atoms with van der Waals surface area (Å²) in [4.78, 5) is 4.71. The molecule has 2 aromatic carbocycles. The smallest absolute Gasteiger partial charge is 0.219 e. The first-order valence-electron chi connectivity index (χ1n) is 7.98. The predicted octanol–water partition coefficient (Wildman–Crippen LogP) is 4.08. The molecule has 5 heteroatoms. The zero-order valence-corrected chi connectivity index (χ0v) is 15.0. The van der Waals surface area contributed by atoms with Gasteiger partial charge in [0.1, 0.15) is 23.6 Å². The molecule has 0 amide bonds. The maximum atomic E-state index is 12.4. The molecular weight excluding hydrogens is 320 g/mol. The normalized spacial score (nSPS) is 18.6. The van der Waals surface area contributed by atoms with E-state index in [-0.39, 0.29) is 10.8 Å². The first-order chi connectivity index (χ1) is 11.4. The van der Waals surface area contributed by atoms with Gasteiger partial charge in [-0.2, -0.15) is 0 Å². The van der Waals surface area contributed by atoms with Gasteiger partial charge in [0.05, 0.1) is 16.0 Å². The second-order valence-corrected chi connectivity index (χ2v) is 8.67. The van der Waals surface area contributed by atoms with Crippen molar-refractivity contribution in [3.05, 3.63) is 65.7 Å². The summed E-state index contributed by atoms with van der Waals surface area (Å²) in [5.74, 6) is 0.595. The van der Waals surface area contributed by atoms with Gasteiger partial charge < -0.3 is 9.46 Å². The molecule has 1 aliphatic rings. The predicted molar refractivity (Wildman–Crippen MR) is 99.6 cm³/mol. The van der Waals surface area contributed by atoms with Gasteiger partial charge in [-0.25, -0.2) is 9.20 Å². The minimum atomic E-state index is -1.20. The highest BCUT2D eigenvalue weighted by molar-refractivity contribution is 7.87. The van der Waals surface area contributed by atoms with E-state index in [1.165, 1.54) is 0 Å². The van der Waals surface area contributed by atoms with E-state index in [1.54, 1.807) is 0 Å². The summed E-state index contributed by atoms with van der Waals surface area (Å²) in [5.41, 5.74) is 2.75. The van der Waals surface area contributed by atoms with Crippen LogP contribution in [0.1, 0.15) is 37.9 Å². The monoisotopic (exact) mass is 342 g/mol. The van der Waals surface area contributed by atoms with Crippen LogP contribution >= 0.6 is 0 Å². The van der Waals surface area contributed by atoms with E-state index in [2.05, 4.69) is 16.9 Å². The highest BCUT2D eigenvalue weighted by Gasteiger charge is 2.25. The molecular formula is C19H22N2O2S. The van der Waals surface area contributed by atoms with Crippen molar-refractivity contribution < 1.29 is 8.95 Å². The lowest BCUT2D eigenvalue weighted by Crippen LogP contribution is -2.28. The third kappa shape index (κ3) is 3.67. The summed E-state index contributed by atoms with van der Waals surface area (Å²) < 4.78 is 21.0. The van der Waals surface area contributed by atoms with E-state index in [0.717, 1.165) is 16.8 Å². The Kier molecular flexibility index (Phi) is 4.71. The summed E-state index contributed by atoms with van der Waals surface area (Å²) in [6.45, 7) is 6.34. The number of ether oxygens (including phenoxy) is 1. The number of aliphatic imine (C=N–C) groups is 1.